The predicted octanol–water partition coefficient (Wildman–Crippen LogP) is 4.11. The van der Waals surface area contributed by atoms with Crippen LogP contribution in [0.3, 0.4) is 0 Å². The molecule has 1 fully saturated rings. The average Bonchev–Trinajstić information content (AvgIpc) is 3.12. The quantitative estimate of drug-likeness (QED) is 0.867. The van der Waals surface area contributed by atoms with Crippen molar-refractivity contribution in [1.82, 2.24) is 15.2 Å². The highest BCUT2D eigenvalue weighted by Gasteiger charge is 2.25. The lowest BCUT2D eigenvalue weighted by Crippen LogP contribution is -2.44. The fraction of sp³-hybridized carbons (Fsp3) is 0.550. The van der Waals surface area contributed by atoms with Gasteiger partial charge in [-0.2, -0.15) is 0 Å². The molecule has 3 heterocycles. The fourth-order valence-electron chi connectivity index (χ4n) is 3.56. The van der Waals surface area contributed by atoms with E-state index in [0.717, 1.165) is 31.0 Å². The van der Waals surface area contributed by atoms with Crippen molar-refractivity contribution in [3.8, 4) is 0 Å². The number of hydrogen-bond donors (Lipinski definition) is 1. The number of nitrogens with zero attached hydrogens (tertiary/aromatic N) is 2. The van der Waals surface area contributed by atoms with E-state index in [0.29, 0.717) is 12.1 Å². The highest BCUT2D eigenvalue weighted by molar-refractivity contribution is 5.14. The molecule has 0 spiro atoms. The SMILES string of the molecule is CCc1ccc(C(C)NC2CCN(C(C)c3ccncc3)CC2)o1. The Bertz CT molecular complexity index is 617. The first-order chi connectivity index (χ1) is 11.7. The van der Waals surface area contributed by atoms with E-state index in [1.807, 2.05) is 12.4 Å². The minimum absolute atomic E-state index is 0.277. The van der Waals surface area contributed by atoms with Crippen molar-refractivity contribution in [3.63, 3.8) is 0 Å². The molecule has 0 bridgehead atoms. The zero-order chi connectivity index (χ0) is 16.9. The molecule has 2 atom stereocenters. The minimum atomic E-state index is 0.277. The number of aromatic nitrogens is 1. The Kier molecular flexibility index (Phi) is 5.69. The smallest absolute Gasteiger partial charge is 0.120 e. The summed E-state index contributed by atoms with van der Waals surface area (Å²) in [7, 11) is 0. The molecule has 0 saturated carbocycles. The summed E-state index contributed by atoms with van der Waals surface area (Å²) in [5.41, 5.74) is 1.35. The third kappa shape index (κ3) is 4.05. The molecule has 24 heavy (non-hydrogen) atoms. The molecule has 130 valence electrons. The molecule has 0 aromatic carbocycles. The van der Waals surface area contributed by atoms with Crippen LogP contribution in [0.2, 0.25) is 0 Å². The van der Waals surface area contributed by atoms with Crippen molar-refractivity contribution in [2.75, 3.05) is 13.1 Å². The molecule has 4 heteroatoms. The number of furan rings is 1. The van der Waals surface area contributed by atoms with E-state index >= 15 is 0 Å². The summed E-state index contributed by atoms with van der Waals surface area (Å²) in [6.07, 6.45) is 7.09. The first kappa shape index (κ1) is 17.2. The summed E-state index contributed by atoms with van der Waals surface area (Å²) in [5, 5.41) is 3.74. The minimum Gasteiger partial charge on any atom is -0.464 e. The molecule has 0 aliphatic carbocycles. The van der Waals surface area contributed by atoms with Crippen LogP contribution in [-0.4, -0.2) is 29.0 Å². The standard InChI is InChI=1S/C20H29N3O/c1-4-19-5-6-20(24-19)15(2)22-18-9-13-23(14-10-18)16(3)17-7-11-21-12-8-17/h5-8,11-12,15-16,18,22H,4,9-10,13-14H2,1-3H3. The molecule has 2 aromatic heterocycles. The van der Waals surface area contributed by atoms with Crippen LogP contribution in [0.1, 0.15) is 62.8 Å². The Balaban J connectivity index is 1.50. The Labute approximate surface area is 145 Å². The Morgan fingerprint density at radius 2 is 1.88 bits per heavy atom. The lowest BCUT2D eigenvalue weighted by molar-refractivity contribution is 0.147. The van der Waals surface area contributed by atoms with Gasteiger partial charge in [0.05, 0.1) is 6.04 Å². The van der Waals surface area contributed by atoms with E-state index in [9.17, 15) is 0 Å². The lowest BCUT2D eigenvalue weighted by atomic mass is 10.00. The van der Waals surface area contributed by atoms with Crippen molar-refractivity contribution in [2.24, 2.45) is 0 Å². The van der Waals surface area contributed by atoms with Crippen LogP contribution in [0.4, 0.5) is 0 Å². The number of pyridine rings is 1. The Morgan fingerprint density at radius 3 is 2.50 bits per heavy atom. The average molecular weight is 327 g/mol. The van der Waals surface area contributed by atoms with E-state index < -0.39 is 0 Å². The van der Waals surface area contributed by atoms with Crippen molar-refractivity contribution in [1.29, 1.82) is 0 Å². The van der Waals surface area contributed by atoms with Crippen LogP contribution in [-0.2, 0) is 6.42 Å². The van der Waals surface area contributed by atoms with Gasteiger partial charge in [0.25, 0.3) is 0 Å². The maximum atomic E-state index is 5.87. The molecular weight excluding hydrogens is 298 g/mol. The summed E-state index contributed by atoms with van der Waals surface area (Å²) >= 11 is 0. The van der Waals surface area contributed by atoms with E-state index in [4.69, 9.17) is 4.42 Å². The number of aryl methyl sites for hydroxylation is 1. The molecule has 1 aliphatic rings. The Morgan fingerprint density at radius 1 is 1.17 bits per heavy atom. The number of likely N-dealkylation sites (tertiary alicyclic amines) is 1. The van der Waals surface area contributed by atoms with E-state index in [1.54, 1.807) is 0 Å². The van der Waals surface area contributed by atoms with Gasteiger partial charge in [0, 0.05) is 44.0 Å². The van der Waals surface area contributed by atoms with Gasteiger partial charge in [0.2, 0.25) is 0 Å². The third-order valence-corrected chi connectivity index (χ3v) is 5.21. The summed E-state index contributed by atoms with van der Waals surface area (Å²) in [6, 6.07) is 9.75. The molecule has 1 saturated heterocycles. The van der Waals surface area contributed by atoms with E-state index in [1.165, 1.54) is 18.4 Å². The maximum Gasteiger partial charge on any atom is 0.120 e. The second-order valence-electron chi connectivity index (χ2n) is 6.81. The highest BCUT2D eigenvalue weighted by Crippen LogP contribution is 2.25. The van der Waals surface area contributed by atoms with Gasteiger partial charge in [-0.15, -0.1) is 0 Å². The summed E-state index contributed by atoms with van der Waals surface area (Å²) in [5.74, 6) is 2.12. The number of hydrogen-bond acceptors (Lipinski definition) is 4. The van der Waals surface area contributed by atoms with Crippen molar-refractivity contribution in [3.05, 3.63) is 53.7 Å². The first-order valence-electron chi connectivity index (χ1n) is 9.16. The van der Waals surface area contributed by atoms with E-state index in [2.05, 4.69) is 60.2 Å². The van der Waals surface area contributed by atoms with Gasteiger partial charge in [0.15, 0.2) is 0 Å². The maximum absolute atomic E-state index is 5.87. The number of piperidine rings is 1. The summed E-state index contributed by atoms with van der Waals surface area (Å²) < 4.78 is 5.87. The van der Waals surface area contributed by atoms with Gasteiger partial charge < -0.3 is 9.73 Å². The molecule has 4 nitrogen and oxygen atoms in total. The van der Waals surface area contributed by atoms with Gasteiger partial charge in [-0.1, -0.05) is 6.92 Å². The molecule has 2 unspecified atom stereocenters. The van der Waals surface area contributed by atoms with Crippen LogP contribution in [0, 0.1) is 0 Å². The zero-order valence-electron chi connectivity index (χ0n) is 15.0. The van der Waals surface area contributed by atoms with Crippen LogP contribution < -0.4 is 5.32 Å². The fourth-order valence-corrected chi connectivity index (χ4v) is 3.56. The monoisotopic (exact) mass is 327 g/mol. The highest BCUT2D eigenvalue weighted by atomic mass is 16.3. The van der Waals surface area contributed by atoms with Crippen LogP contribution in [0.5, 0.6) is 0 Å². The predicted molar refractivity (Wildman–Crippen MR) is 96.9 cm³/mol. The molecule has 1 N–H and O–H groups in total. The normalized spacial score (nSPS) is 19.3. The van der Waals surface area contributed by atoms with Gasteiger partial charge >= 0.3 is 0 Å². The first-order valence-corrected chi connectivity index (χ1v) is 9.16. The molecule has 0 radical (unpaired) electrons. The van der Waals surface area contributed by atoms with E-state index in [-0.39, 0.29) is 6.04 Å². The molecule has 3 rings (SSSR count). The second-order valence-corrected chi connectivity index (χ2v) is 6.81. The molecule has 1 aliphatic heterocycles. The number of nitrogens with one attached hydrogen (secondary N) is 1. The summed E-state index contributed by atoms with van der Waals surface area (Å²) in [6.45, 7) is 8.88. The largest absolute Gasteiger partial charge is 0.464 e. The van der Waals surface area contributed by atoms with Gasteiger partial charge in [-0.3, -0.25) is 9.88 Å². The lowest BCUT2D eigenvalue weighted by Gasteiger charge is -2.37. The Hall–Kier alpha value is -1.65. The second kappa shape index (κ2) is 7.95. The molecule has 2 aromatic rings. The number of rotatable bonds is 6. The van der Waals surface area contributed by atoms with Gasteiger partial charge in [-0.25, -0.2) is 0 Å². The molecule has 0 amide bonds. The van der Waals surface area contributed by atoms with Crippen molar-refractivity contribution < 1.29 is 4.42 Å². The molecular formula is C20H29N3O. The van der Waals surface area contributed by atoms with Gasteiger partial charge in [0.1, 0.15) is 11.5 Å². The zero-order valence-corrected chi connectivity index (χ0v) is 15.0. The van der Waals surface area contributed by atoms with Crippen molar-refractivity contribution >= 4 is 0 Å². The van der Waals surface area contributed by atoms with Gasteiger partial charge in [-0.05, 0) is 56.5 Å². The van der Waals surface area contributed by atoms with Crippen LogP contribution >= 0.6 is 0 Å². The van der Waals surface area contributed by atoms with Crippen molar-refractivity contribution in [2.45, 2.75) is 58.2 Å². The van der Waals surface area contributed by atoms with Crippen LogP contribution in [0.15, 0.2) is 41.1 Å². The summed E-state index contributed by atoms with van der Waals surface area (Å²) in [4.78, 5) is 6.69. The topological polar surface area (TPSA) is 41.3 Å². The third-order valence-electron chi connectivity index (χ3n) is 5.21. The van der Waals surface area contributed by atoms with Crippen LogP contribution in [0.25, 0.3) is 0 Å².